The van der Waals surface area contributed by atoms with Gasteiger partial charge in [-0.15, -0.1) is 0 Å². The van der Waals surface area contributed by atoms with Gasteiger partial charge in [-0.05, 0) is 25.2 Å². The van der Waals surface area contributed by atoms with Gasteiger partial charge in [0.25, 0.3) is 0 Å². The van der Waals surface area contributed by atoms with Gasteiger partial charge in [-0.25, -0.2) is 0 Å². The van der Waals surface area contributed by atoms with Crippen LogP contribution in [0.5, 0.6) is 0 Å². The summed E-state index contributed by atoms with van der Waals surface area (Å²) in [5.74, 6) is 0.530. The van der Waals surface area contributed by atoms with E-state index in [1.54, 1.807) is 0 Å². The summed E-state index contributed by atoms with van der Waals surface area (Å²) >= 11 is 0. The first-order valence-corrected chi connectivity index (χ1v) is 3.91. The molecule has 9 heavy (non-hydrogen) atoms. The van der Waals surface area contributed by atoms with E-state index in [9.17, 15) is 5.11 Å². The van der Waals surface area contributed by atoms with Crippen LogP contribution < -0.4 is 0 Å². The van der Waals surface area contributed by atoms with E-state index in [0.29, 0.717) is 5.92 Å². The van der Waals surface area contributed by atoms with Crippen LogP contribution in [-0.4, -0.2) is 10.7 Å². The van der Waals surface area contributed by atoms with Gasteiger partial charge >= 0.3 is 0 Å². The minimum absolute atomic E-state index is 0.306. The van der Waals surface area contributed by atoms with E-state index in [0.717, 1.165) is 12.8 Å². The highest BCUT2D eigenvalue weighted by Crippen LogP contribution is 2.37. The molecule has 1 saturated carbocycles. The molecule has 0 aromatic carbocycles. The molecule has 0 amide bonds. The highest BCUT2D eigenvalue weighted by atomic mass is 16.3. The van der Waals surface area contributed by atoms with E-state index in [2.05, 4.69) is 13.8 Å². The van der Waals surface area contributed by atoms with Crippen molar-refractivity contribution in [3.63, 3.8) is 0 Å². The molecule has 1 nitrogen and oxygen atoms in total. The zero-order valence-electron chi connectivity index (χ0n) is 6.35. The Morgan fingerprint density at radius 2 is 2.33 bits per heavy atom. The van der Waals surface area contributed by atoms with Gasteiger partial charge in [0.15, 0.2) is 0 Å². The van der Waals surface area contributed by atoms with Crippen LogP contribution in [0.4, 0.5) is 0 Å². The average Bonchev–Trinajstić information content (AvgIpc) is 2.15. The topological polar surface area (TPSA) is 20.2 Å². The van der Waals surface area contributed by atoms with Gasteiger partial charge in [0.05, 0.1) is 5.60 Å². The molecular formula is C8H16O. The molecular weight excluding hydrogens is 112 g/mol. The quantitative estimate of drug-likeness (QED) is 0.572. The second-order valence-electron chi connectivity index (χ2n) is 3.25. The first-order chi connectivity index (χ1) is 4.19. The summed E-state index contributed by atoms with van der Waals surface area (Å²) in [5, 5.41) is 9.77. The van der Waals surface area contributed by atoms with Crippen LogP contribution in [0.15, 0.2) is 0 Å². The lowest BCUT2D eigenvalue weighted by molar-refractivity contribution is 0.00561. The molecule has 2 atom stereocenters. The first kappa shape index (κ1) is 7.07. The monoisotopic (exact) mass is 128 g/mol. The lowest BCUT2D eigenvalue weighted by Gasteiger charge is -2.25. The molecule has 54 valence electrons. The number of aliphatic hydroxyl groups is 1. The average molecular weight is 128 g/mol. The largest absolute Gasteiger partial charge is 0.390 e. The molecule has 1 N–H and O–H groups in total. The number of hydrogen-bond donors (Lipinski definition) is 1. The van der Waals surface area contributed by atoms with E-state index >= 15 is 0 Å². The SMILES string of the molecule is CC[C@@]1(O)CCC[C@@H]1C. The summed E-state index contributed by atoms with van der Waals surface area (Å²) in [6.45, 7) is 4.22. The number of hydrogen-bond acceptors (Lipinski definition) is 1. The summed E-state index contributed by atoms with van der Waals surface area (Å²) in [6, 6.07) is 0. The van der Waals surface area contributed by atoms with Gasteiger partial charge in [0.1, 0.15) is 0 Å². The fourth-order valence-corrected chi connectivity index (χ4v) is 1.75. The summed E-state index contributed by atoms with van der Waals surface area (Å²) in [7, 11) is 0. The third-order valence-corrected chi connectivity index (χ3v) is 2.78. The third-order valence-electron chi connectivity index (χ3n) is 2.78. The highest BCUT2D eigenvalue weighted by Gasteiger charge is 2.35. The van der Waals surface area contributed by atoms with Crippen molar-refractivity contribution in [1.29, 1.82) is 0 Å². The summed E-state index contributed by atoms with van der Waals surface area (Å²) < 4.78 is 0. The molecule has 0 aromatic heterocycles. The molecule has 1 aliphatic rings. The normalized spacial score (nSPS) is 43.7. The molecule has 0 heterocycles. The zero-order valence-corrected chi connectivity index (χ0v) is 6.35. The predicted octanol–water partition coefficient (Wildman–Crippen LogP) is 1.95. The van der Waals surface area contributed by atoms with E-state index in [-0.39, 0.29) is 5.60 Å². The molecule has 0 aliphatic heterocycles. The molecule has 1 rings (SSSR count). The van der Waals surface area contributed by atoms with Crippen molar-refractivity contribution >= 4 is 0 Å². The Kier molecular flexibility index (Phi) is 1.80. The highest BCUT2D eigenvalue weighted by molar-refractivity contribution is 4.88. The Bertz CT molecular complexity index is 101. The van der Waals surface area contributed by atoms with Crippen LogP contribution in [0, 0.1) is 5.92 Å². The Labute approximate surface area is 57.1 Å². The molecule has 0 bridgehead atoms. The second kappa shape index (κ2) is 2.30. The van der Waals surface area contributed by atoms with Gasteiger partial charge in [0, 0.05) is 0 Å². The third kappa shape index (κ3) is 1.11. The summed E-state index contributed by atoms with van der Waals surface area (Å²) in [6.07, 6.45) is 4.37. The molecule has 1 fully saturated rings. The van der Waals surface area contributed by atoms with Crippen molar-refractivity contribution < 1.29 is 5.11 Å². The van der Waals surface area contributed by atoms with Gasteiger partial charge in [-0.2, -0.15) is 0 Å². The molecule has 0 unspecified atom stereocenters. The van der Waals surface area contributed by atoms with Crippen LogP contribution in [0.25, 0.3) is 0 Å². The van der Waals surface area contributed by atoms with Gasteiger partial charge in [-0.3, -0.25) is 0 Å². The van der Waals surface area contributed by atoms with Crippen molar-refractivity contribution in [2.24, 2.45) is 5.92 Å². The van der Waals surface area contributed by atoms with E-state index in [1.165, 1.54) is 12.8 Å². The fraction of sp³-hybridized carbons (Fsp3) is 1.00. The van der Waals surface area contributed by atoms with E-state index in [1.807, 2.05) is 0 Å². The molecule has 0 spiro atoms. The van der Waals surface area contributed by atoms with E-state index in [4.69, 9.17) is 0 Å². The van der Waals surface area contributed by atoms with Gasteiger partial charge in [0.2, 0.25) is 0 Å². The molecule has 0 aromatic rings. The molecule has 0 saturated heterocycles. The lowest BCUT2D eigenvalue weighted by Crippen LogP contribution is -2.29. The molecule has 0 radical (unpaired) electrons. The second-order valence-corrected chi connectivity index (χ2v) is 3.25. The summed E-state index contributed by atoms with van der Waals surface area (Å²) in [4.78, 5) is 0. The van der Waals surface area contributed by atoms with Crippen LogP contribution in [-0.2, 0) is 0 Å². The van der Waals surface area contributed by atoms with Crippen LogP contribution >= 0.6 is 0 Å². The maximum absolute atomic E-state index is 9.77. The Morgan fingerprint density at radius 3 is 2.56 bits per heavy atom. The Morgan fingerprint density at radius 1 is 1.67 bits per heavy atom. The van der Waals surface area contributed by atoms with Crippen molar-refractivity contribution in [1.82, 2.24) is 0 Å². The van der Waals surface area contributed by atoms with Crippen LogP contribution in [0.2, 0.25) is 0 Å². The van der Waals surface area contributed by atoms with Crippen molar-refractivity contribution in [3.05, 3.63) is 0 Å². The predicted molar refractivity (Wildman–Crippen MR) is 38.3 cm³/mol. The first-order valence-electron chi connectivity index (χ1n) is 3.91. The maximum atomic E-state index is 9.77. The van der Waals surface area contributed by atoms with Crippen molar-refractivity contribution in [3.8, 4) is 0 Å². The lowest BCUT2D eigenvalue weighted by atomic mass is 9.90. The number of rotatable bonds is 1. The summed E-state index contributed by atoms with van der Waals surface area (Å²) in [5.41, 5.74) is -0.306. The van der Waals surface area contributed by atoms with Gasteiger partial charge in [-0.1, -0.05) is 20.3 Å². The Balaban J connectivity index is 2.56. The van der Waals surface area contributed by atoms with Crippen LogP contribution in [0.3, 0.4) is 0 Å². The van der Waals surface area contributed by atoms with Crippen molar-refractivity contribution in [2.45, 2.75) is 45.1 Å². The maximum Gasteiger partial charge on any atom is 0.0670 e. The Hall–Kier alpha value is -0.0400. The zero-order chi connectivity index (χ0) is 6.91. The van der Waals surface area contributed by atoms with E-state index < -0.39 is 0 Å². The molecule has 1 aliphatic carbocycles. The van der Waals surface area contributed by atoms with Crippen molar-refractivity contribution in [2.75, 3.05) is 0 Å². The fourth-order valence-electron chi connectivity index (χ4n) is 1.75. The standard InChI is InChI=1S/C8H16O/c1-3-8(9)6-4-5-7(8)2/h7,9H,3-6H2,1-2H3/t7-,8+/m0/s1. The molecule has 1 heteroatoms. The van der Waals surface area contributed by atoms with Crippen LogP contribution in [0.1, 0.15) is 39.5 Å². The van der Waals surface area contributed by atoms with Gasteiger partial charge < -0.3 is 5.11 Å². The minimum Gasteiger partial charge on any atom is -0.390 e. The smallest absolute Gasteiger partial charge is 0.0670 e. The minimum atomic E-state index is -0.306.